The van der Waals surface area contributed by atoms with Crippen LogP contribution in [0.1, 0.15) is 6.92 Å². The van der Waals surface area contributed by atoms with Crippen molar-refractivity contribution in [2.45, 2.75) is 32.6 Å². The Hall–Kier alpha value is -1.80. The first-order valence-electron chi connectivity index (χ1n) is 10.2. The van der Waals surface area contributed by atoms with Crippen LogP contribution in [-0.2, 0) is 4.79 Å². The summed E-state index contributed by atoms with van der Waals surface area (Å²) >= 11 is 0. The Morgan fingerprint density at radius 3 is 1.79 bits per heavy atom. The molecule has 3 rings (SSSR count). The van der Waals surface area contributed by atoms with Crippen LogP contribution in [0, 0.1) is 5.92 Å². The predicted octanol–water partition coefficient (Wildman–Crippen LogP) is 4.96. The van der Waals surface area contributed by atoms with Gasteiger partial charge in [-0.15, -0.1) is 0 Å². The maximum Gasteiger partial charge on any atom is 0.146 e. The van der Waals surface area contributed by atoms with Crippen LogP contribution in [0.4, 0.5) is 0 Å². The Morgan fingerprint density at radius 2 is 1.41 bits per heavy atom. The van der Waals surface area contributed by atoms with Crippen molar-refractivity contribution in [3.63, 3.8) is 0 Å². The molecule has 2 unspecified atom stereocenters. The molecule has 0 N–H and O–H groups in total. The van der Waals surface area contributed by atoms with E-state index in [0.717, 1.165) is 11.9 Å². The molecule has 4 heteroatoms. The summed E-state index contributed by atoms with van der Waals surface area (Å²) in [4.78, 5) is 14.6. The smallest absolute Gasteiger partial charge is 0.146 e. The average Bonchev–Trinajstić information content (AvgIpc) is 3.08. The topological polar surface area (TPSA) is 20.3 Å². The highest BCUT2D eigenvalue weighted by molar-refractivity contribution is 7.76. The molecule has 1 aliphatic rings. The van der Waals surface area contributed by atoms with E-state index in [0.29, 0.717) is 0 Å². The Balaban J connectivity index is 2.24. The van der Waals surface area contributed by atoms with Crippen molar-refractivity contribution in [1.29, 1.82) is 0 Å². The Labute approximate surface area is 178 Å². The van der Waals surface area contributed by atoms with E-state index in [1.807, 2.05) is 0 Å². The predicted molar refractivity (Wildman–Crippen MR) is 130 cm³/mol. The molecule has 0 aliphatic heterocycles. The zero-order chi connectivity index (χ0) is 21.2. The van der Waals surface area contributed by atoms with Crippen molar-refractivity contribution in [2.24, 2.45) is 5.92 Å². The average molecular weight is 422 g/mol. The van der Waals surface area contributed by atoms with Gasteiger partial charge in [-0.2, -0.15) is 0 Å². The van der Waals surface area contributed by atoms with Crippen LogP contribution in [0.2, 0.25) is 19.6 Å². The number of carbonyl (C=O) groups excluding carboxylic acids is 1. The van der Waals surface area contributed by atoms with Crippen molar-refractivity contribution >= 4 is 32.9 Å². The lowest BCUT2D eigenvalue weighted by Crippen LogP contribution is -2.35. The lowest BCUT2D eigenvalue weighted by Gasteiger charge is -2.33. The van der Waals surface area contributed by atoms with E-state index in [9.17, 15) is 4.79 Å². The Kier molecular flexibility index (Phi) is 6.73. The zero-order valence-electron chi connectivity index (χ0n) is 18.4. The van der Waals surface area contributed by atoms with E-state index >= 15 is 0 Å². The van der Waals surface area contributed by atoms with Crippen LogP contribution >= 0.6 is 7.92 Å². The molecule has 29 heavy (non-hydrogen) atoms. The van der Waals surface area contributed by atoms with Gasteiger partial charge in [-0.25, -0.2) is 0 Å². The summed E-state index contributed by atoms with van der Waals surface area (Å²) in [7, 11) is 1.88. The molecule has 0 aromatic heterocycles. The second-order valence-electron chi connectivity index (χ2n) is 8.99. The molecule has 0 saturated carbocycles. The van der Waals surface area contributed by atoms with Gasteiger partial charge in [0.15, 0.2) is 0 Å². The van der Waals surface area contributed by atoms with Crippen LogP contribution in [0.5, 0.6) is 0 Å². The van der Waals surface area contributed by atoms with Gasteiger partial charge in [-0.05, 0) is 44.9 Å². The number of hydrogen-bond acceptors (Lipinski definition) is 2. The largest absolute Gasteiger partial charge is 0.306 e. The van der Waals surface area contributed by atoms with Gasteiger partial charge in [0.2, 0.25) is 0 Å². The van der Waals surface area contributed by atoms with Crippen molar-refractivity contribution in [3.8, 4) is 0 Å². The summed E-state index contributed by atoms with van der Waals surface area (Å²) in [5.41, 5.74) is 1.01. The van der Waals surface area contributed by atoms with Crippen LogP contribution in [-0.4, -0.2) is 39.4 Å². The molecule has 0 saturated heterocycles. The van der Waals surface area contributed by atoms with Crippen molar-refractivity contribution < 1.29 is 4.79 Å². The summed E-state index contributed by atoms with van der Waals surface area (Å²) in [5, 5.41) is 5.43. The second-order valence-corrected chi connectivity index (χ2v) is 16.3. The first-order valence-corrected chi connectivity index (χ1v) is 15.1. The minimum atomic E-state index is -1.66. The lowest BCUT2D eigenvalue weighted by molar-refractivity contribution is -0.105. The summed E-state index contributed by atoms with van der Waals surface area (Å²) in [6.45, 7) is 9.28. The molecule has 0 fully saturated rings. The van der Waals surface area contributed by atoms with Crippen LogP contribution in [0.25, 0.3) is 0 Å². The number of nitrogens with zero attached hydrogens (tertiary/aromatic N) is 1. The van der Waals surface area contributed by atoms with Gasteiger partial charge in [0.1, 0.15) is 6.29 Å². The third kappa shape index (κ3) is 4.53. The Bertz CT molecular complexity index is 873. The van der Waals surface area contributed by atoms with E-state index < -0.39 is 16.0 Å². The summed E-state index contributed by atoms with van der Waals surface area (Å²) in [6, 6.07) is 21.9. The highest BCUT2D eigenvalue weighted by atomic mass is 31.1. The molecule has 0 spiro atoms. The molecule has 2 aromatic carbocycles. The summed E-state index contributed by atoms with van der Waals surface area (Å²) < 4.78 is 0. The maximum atomic E-state index is 12.4. The summed E-state index contributed by atoms with van der Waals surface area (Å²) in [5.74, 6) is 0.135. The number of rotatable bonds is 7. The fourth-order valence-electron chi connectivity index (χ4n) is 4.04. The van der Waals surface area contributed by atoms with Crippen molar-refractivity contribution in [3.05, 3.63) is 82.8 Å². The number of hydrogen-bond donors (Lipinski definition) is 0. The summed E-state index contributed by atoms with van der Waals surface area (Å²) in [6.07, 6.45) is 3.55. The number of carbonyl (C=O) groups is 1. The fraction of sp³-hybridized carbons (Fsp3) is 0.320. The van der Waals surface area contributed by atoms with Gasteiger partial charge in [0, 0.05) is 17.5 Å². The van der Waals surface area contributed by atoms with Crippen LogP contribution in [0.15, 0.2) is 82.8 Å². The van der Waals surface area contributed by atoms with E-state index in [1.54, 1.807) is 0 Å². The van der Waals surface area contributed by atoms with E-state index in [2.05, 4.69) is 112 Å². The third-order valence-corrected chi connectivity index (χ3v) is 10.4. The van der Waals surface area contributed by atoms with E-state index in [-0.39, 0.29) is 12.0 Å². The maximum absolute atomic E-state index is 12.4. The minimum Gasteiger partial charge on any atom is -0.306 e. The molecule has 0 amide bonds. The minimum absolute atomic E-state index is 0.135. The van der Waals surface area contributed by atoms with Gasteiger partial charge >= 0.3 is 0 Å². The van der Waals surface area contributed by atoms with Crippen LogP contribution in [0.3, 0.4) is 0 Å². The number of aldehydes is 1. The standard InChI is InChI=1S/C25H32NOPSi/c1-19(26(2)3)25-22(18-27)24(29(4,5)6)17-23(25)28(20-13-9-7-10-14-20)21-15-11-8-12-16-21/h7-19,25H,1-6H3. The van der Waals surface area contributed by atoms with E-state index in [1.165, 1.54) is 21.1 Å². The Morgan fingerprint density at radius 1 is 0.931 bits per heavy atom. The molecule has 0 heterocycles. The molecule has 0 bridgehead atoms. The molecule has 1 aliphatic carbocycles. The second kappa shape index (κ2) is 8.91. The van der Waals surface area contributed by atoms with Gasteiger partial charge in [-0.3, -0.25) is 4.79 Å². The first-order chi connectivity index (χ1) is 13.8. The third-order valence-electron chi connectivity index (χ3n) is 5.78. The fourth-order valence-corrected chi connectivity index (χ4v) is 8.56. The lowest BCUT2D eigenvalue weighted by atomic mass is 9.95. The van der Waals surface area contributed by atoms with Gasteiger partial charge in [0.25, 0.3) is 0 Å². The van der Waals surface area contributed by atoms with E-state index in [4.69, 9.17) is 0 Å². The molecule has 152 valence electrons. The SMILES string of the molecule is CC(C1C(P(c2ccccc2)c2ccccc2)=CC([Si](C)(C)C)=C1C=O)N(C)C. The highest BCUT2D eigenvalue weighted by Gasteiger charge is 2.40. The highest BCUT2D eigenvalue weighted by Crippen LogP contribution is 2.54. The van der Waals surface area contributed by atoms with Crippen LogP contribution < -0.4 is 10.6 Å². The van der Waals surface area contributed by atoms with Crippen molar-refractivity contribution in [2.75, 3.05) is 14.1 Å². The number of benzene rings is 2. The monoisotopic (exact) mass is 421 g/mol. The number of allylic oxidation sites excluding steroid dienone is 2. The molecule has 2 aromatic rings. The molecule has 2 atom stereocenters. The van der Waals surface area contributed by atoms with Crippen molar-refractivity contribution in [1.82, 2.24) is 4.90 Å². The molecular weight excluding hydrogens is 389 g/mol. The quantitative estimate of drug-likeness (QED) is 0.358. The van der Waals surface area contributed by atoms with Gasteiger partial charge in [-0.1, -0.05) is 91.6 Å². The molecule has 2 nitrogen and oxygen atoms in total. The van der Waals surface area contributed by atoms with Gasteiger partial charge < -0.3 is 4.90 Å². The van der Waals surface area contributed by atoms with Gasteiger partial charge in [0.05, 0.1) is 8.07 Å². The zero-order valence-corrected chi connectivity index (χ0v) is 20.3. The normalized spacial score (nSPS) is 18.3. The molecular formula is C25H32NOPSi. The first kappa shape index (κ1) is 21.9. The molecule has 0 radical (unpaired) electrons.